The zero-order valence-corrected chi connectivity index (χ0v) is 11.4. The maximum Gasteiger partial charge on any atom is 0.321 e. The van der Waals surface area contributed by atoms with Gasteiger partial charge in [0.25, 0.3) is 0 Å². The van der Waals surface area contributed by atoms with Gasteiger partial charge >= 0.3 is 11.4 Å². The van der Waals surface area contributed by atoms with Gasteiger partial charge in [0.2, 0.25) is 16.8 Å². The lowest BCUT2D eigenvalue weighted by atomic mass is 10.2. The van der Waals surface area contributed by atoms with Crippen molar-refractivity contribution in [3.05, 3.63) is 37.6 Å². The van der Waals surface area contributed by atoms with Gasteiger partial charge < -0.3 is 10.0 Å². The van der Waals surface area contributed by atoms with Crippen molar-refractivity contribution in [3.8, 4) is 11.5 Å². The van der Waals surface area contributed by atoms with Crippen LogP contribution in [0.15, 0.2) is 22.6 Å². The topological polar surface area (TPSA) is 159 Å². The molecule has 1 aromatic carbocycles. The second kappa shape index (κ2) is 6.78. The Morgan fingerprint density at radius 1 is 1.05 bits per heavy atom. The van der Waals surface area contributed by atoms with Crippen molar-refractivity contribution in [2.75, 3.05) is 14.1 Å². The molecule has 0 heterocycles. The van der Waals surface area contributed by atoms with E-state index >= 15 is 0 Å². The summed E-state index contributed by atoms with van der Waals surface area (Å²) in [6.07, 6.45) is 0. The summed E-state index contributed by atoms with van der Waals surface area (Å²) < 4.78 is 0. The summed E-state index contributed by atoms with van der Waals surface area (Å²) in [5.74, 6) is -1.00. The molecule has 22 heavy (non-hydrogen) atoms. The fraction of sp³-hybridized carbons (Fsp3) is 0.222. The minimum Gasteiger partial charge on any atom is -0.569 e. The largest absolute Gasteiger partial charge is 0.569 e. The minimum atomic E-state index is -0.937. The SMILES string of the molecule is C=NOc1cc(O/N=[N+](\[O-])N(C)C)c([N+](=O)[O-])cc1[N+](=O)[O-]. The highest BCUT2D eigenvalue weighted by Crippen LogP contribution is 2.39. The Bertz CT molecular complexity index is 644. The fourth-order valence-electron chi connectivity index (χ4n) is 1.19. The molecule has 13 nitrogen and oxygen atoms in total. The molecule has 0 fully saturated rings. The molecule has 0 saturated carbocycles. The molecule has 0 unspecified atom stereocenters. The second-order valence-corrected chi connectivity index (χ2v) is 3.80. The molecule has 1 aromatic rings. The summed E-state index contributed by atoms with van der Waals surface area (Å²) >= 11 is 0. The van der Waals surface area contributed by atoms with E-state index in [9.17, 15) is 25.4 Å². The third-order valence-electron chi connectivity index (χ3n) is 2.15. The van der Waals surface area contributed by atoms with Gasteiger partial charge in [0, 0.05) is 12.8 Å². The van der Waals surface area contributed by atoms with E-state index in [0.29, 0.717) is 6.07 Å². The molecule has 118 valence electrons. The second-order valence-electron chi connectivity index (χ2n) is 3.80. The number of hydrogen-bond acceptors (Lipinski definition) is 9. The van der Waals surface area contributed by atoms with E-state index in [0.717, 1.165) is 11.1 Å². The van der Waals surface area contributed by atoms with E-state index < -0.39 is 32.7 Å². The Balaban J connectivity index is 3.38. The highest BCUT2D eigenvalue weighted by Gasteiger charge is 2.28. The Hall–Kier alpha value is -3.51. The first-order chi connectivity index (χ1) is 10.3. The molecule has 0 aliphatic carbocycles. The van der Waals surface area contributed by atoms with Crippen LogP contribution in [0.25, 0.3) is 0 Å². The van der Waals surface area contributed by atoms with Crippen LogP contribution in [0.3, 0.4) is 0 Å². The van der Waals surface area contributed by atoms with Crippen LogP contribution in [0.1, 0.15) is 0 Å². The van der Waals surface area contributed by atoms with Crippen LogP contribution in [0.2, 0.25) is 0 Å². The summed E-state index contributed by atoms with van der Waals surface area (Å²) in [6, 6.07) is 1.40. The van der Waals surface area contributed by atoms with Gasteiger partial charge in [0.15, 0.2) is 0 Å². The van der Waals surface area contributed by atoms with Crippen LogP contribution in [0, 0.1) is 25.4 Å². The molecule has 0 bridgehead atoms. The van der Waals surface area contributed by atoms with Crippen molar-refractivity contribution in [3.63, 3.8) is 0 Å². The van der Waals surface area contributed by atoms with Crippen molar-refractivity contribution >= 4 is 18.1 Å². The first-order valence-corrected chi connectivity index (χ1v) is 5.40. The number of benzene rings is 1. The van der Waals surface area contributed by atoms with E-state index in [1.165, 1.54) is 14.1 Å². The van der Waals surface area contributed by atoms with Gasteiger partial charge in [0.1, 0.15) is 6.07 Å². The number of nitro benzene ring substituents is 2. The highest BCUT2D eigenvalue weighted by atomic mass is 16.7. The van der Waals surface area contributed by atoms with E-state index in [2.05, 4.69) is 26.8 Å². The number of hydrogen-bond donors (Lipinski definition) is 0. The van der Waals surface area contributed by atoms with Crippen molar-refractivity contribution in [1.29, 1.82) is 0 Å². The molecule has 0 spiro atoms. The van der Waals surface area contributed by atoms with E-state index in [4.69, 9.17) is 0 Å². The first kappa shape index (κ1) is 16.5. The summed E-state index contributed by atoms with van der Waals surface area (Å²) in [6.45, 7) is 2.98. The van der Waals surface area contributed by atoms with Gasteiger partial charge in [0.05, 0.1) is 28.9 Å². The molecule has 0 N–H and O–H groups in total. The zero-order chi connectivity index (χ0) is 16.9. The van der Waals surface area contributed by atoms with E-state index in [1.807, 2.05) is 0 Å². The smallest absolute Gasteiger partial charge is 0.321 e. The summed E-state index contributed by atoms with van der Waals surface area (Å²) in [7, 11) is 2.70. The normalized spacial score (nSPS) is 10.7. The molecule has 0 aromatic heterocycles. The maximum atomic E-state index is 11.2. The number of nitrogens with zero attached hydrogens (tertiary/aromatic N) is 6. The maximum absolute atomic E-state index is 11.2. The van der Waals surface area contributed by atoms with Gasteiger partial charge in [-0.1, -0.05) is 5.16 Å². The predicted octanol–water partition coefficient (Wildman–Crippen LogP) is 1.23. The van der Waals surface area contributed by atoms with E-state index in [1.54, 1.807) is 0 Å². The Morgan fingerprint density at radius 3 is 1.95 bits per heavy atom. The van der Waals surface area contributed by atoms with Gasteiger partial charge in [-0.05, 0) is 0 Å². The predicted molar refractivity (Wildman–Crippen MR) is 70.3 cm³/mol. The van der Waals surface area contributed by atoms with Crippen LogP contribution in [0.5, 0.6) is 11.5 Å². The molecule has 0 atom stereocenters. The van der Waals surface area contributed by atoms with Gasteiger partial charge in [-0.2, -0.15) is 5.01 Å². The molecule has 0 radical (unpaired) electrons. The average molecular weight is 314 g/mol. The third kappa shape index (κ3) is 3.75. The lowest BCUT2D eigenvalue weighted by molar-refractivity contribution is -0.695. The fourth-order valence-corrected chi connectivity index (χ4v) is 1.19. The Kier molecular flexibility index (Phi) is 5.10. The van der Waals surface area contributed by atoms with Crippen LogP contribution >= 0.6 is 0 Å². The number of rotatable bonds is 7. The minimum absolute atomic E-state index is 0.00256. The summed E-state index contributed by atoms with van der Waals surface area (Å²) in [5, 5.41) is 40.0. The molecule has 0 saturated heterocycles. The lowest BCUT2D eigenvalue weighted by Crippen LogP contribution is -2.21. The Labute approximate surface area is 122 Å². The number of hydrazine groups is 1. The highest BCUT2D eigenvalue weighted by molar-refractivity contribution is 5.61. The van der Waals surface area contributed by atoms with Gasteiger partial charge in [-0.3, -0.25) is 25.1 Å². The summed E-state index contributed by atoms with van der Waals surface area (Å²) in [5.41, 5.74) is -1.50. The molecule has 1 rings (SSSR count). The average Bonchev–Trinajstić information content (AvgIpc) is 2.44. The third-order valence-corrected chi connectivity index (χ3v) is 2.15. The summed E-state index contributed by atoms with van der Waals surface area (Å²) in [4.78, 5) is 29.1. The van der Waals surface area contributed by atoms with Crippen molar-refractivity contribution in [2.24, 2.45) is 10.4 Å². The van der Waals surface area contributed by atoms with Crippen LogP contribution in [0.4, 0.5) is 11.4 Å². The van der Waals surface area contributed by atoms with Crippen LogP contribution < -0.4 is 9.68 Å². The first-order valence-electron chi connectivity index (χ1n) is 5.40. The van der Waals surface area contributed by atoms with Crippen LogP contribution in [-0.4, -0.2) is 40.6 Å². The quantitative estimate of drug-likeness (QED) is 0.239. The van der Waals surface area contributed by atoms with E-state index in [-0.39, 0.29) is 4.97 Å². The molecule has 0 aliphatic heterocycles. The molecule has 0 aliphatic rings. The number of nitro groups is 2. The van der Waals surface area contributed by atoms with Gasteiger partial charge in [-0.15, -0.1) is 0 Å². The standard InChI is InChI=1S/C9H10N6O7/c1-10-21-8-5-9(22-11-15(20)12(2)3)7(14(18)19)4-6(8)13(16)17/h4-5H,1H2,2-3H3/b15-11-. The van der Waals surface area contributed by atoms with Crippen LogP contribution in [-0.2, 0) is 0 Å². The molecule has 0 amide bonds. The molecular formula is C9H10N6O7. The van der Waals surface area contributed by atoms with Crippen molar-refractivity contribution < 1.29 is 24.5 Å². The number of oxime groups is 1. The lowest BCUT2D eigenvalue weighted by Gasteiger charge is -2.06. The monoisotopic (exact) mass is 314 g/mol. The Morgan fingerprint density at radius 2 is 1.55 bits per heavy atom. The van der Waals surface area contributed by atoms with Gasteiger partial charge in [-0.25, -0.2) is 0 Å². The van der Waals surface area contributed by atoms with Crippen molar-refractivity contribution in [2.45, 2.75) is 0 Å². The zero-order valence-electron chi connectivity index (χ0n) is 11.4. The van der Waals surface area contributed by atoms with Crippen molar-refractivity contribution in [1.82, 2.24) is 5.01 Å². The molecular weight excluding hydrogens is 304 g/mol. The molecule has 13 heteroatoms.